The molecule has 0 bridgehead atoms. The van der Waals surface area contributed by atoms with E-state index in [0.29, 0.717) is 0 Å². The van der Waals surface area contributed by atoms with Crippen molar-refractivity contribution in [1.82, 2.24) is 12.8 Å². The van der Waals surface area contributed by atoms with Crippen LogP contribution in [0, 0.1) is 0 Å². The van der Waals surface area contributed by atoms with Crippen molar-refractivity contribution in [1.29, 1.82) is 0 Å². The molecule has 0 heterocycles. The SMILES string of the molecule is C[Si](C)(C)[N]([In]([N]([Si](C)(C)C)[Si](C)(C)C)[N]([Si](C)(C)C)[Si](C)(C)C)[Si](C)(C)C.[N]. The van der Waals surface area contributed by atoms with Gasteiger partial charge in [-0.05, 0) is 0 Å². The van der Waals surface area contributed by atoms with Crippen LogP contribution in [0.5, 0.6) is 0 Å². The monoisotopic (exact) mass is 609 g/mol. The van der Waals surface area contributed by atoms with E-state index in [9.17, 15) is 0 Å². The average molecular weight is 610 g/mol. The van der Waals surface area contributed by atoms with E-state index >= 15 is 0 Å². The van der Waals surface area contributed by atoms with E-state index in [2.05, 4.69) is 125 Å². The largest absolute Gasteiger partial charge is 0 e. The van der Waals surface area contributed by atoms with Crippen LogP contribution in [-0.4, -0.2) is 78.4 Å². The predicted octanol–water partition coefficient (Wildman–Crippen LogP) is 6.41. The maximum atomic E-state index is 3.36. The van der Waals surface area contributed by atoms with Gasteiger partial charge < -0.3 is 0 Å². The molecular weight excluding hydrogens is 556 g/mol. The number of rotatable bonds is 9. The molecule has 11 heteroatoms. The molecule has 0 saturated heterocycles. The zero-order chi connectivity index (χ0) is 23.3. The van der Waals surface area contributed by atoms with Crippen LogP contribution >= 0.6 is 0 Å². The normalized spacial score (nSPS) is 15.2. The van der Waals surface area contributed by atoms with Gasteiger partial charge in [-0.15, -0.1) is 0 Å². The van der Waals surface area contributed by atoms with Crippen LogP contribution in [0.1, 0.15) is 0 Å². The smallest absolute Gasteiger partial charge is 0 e. The fraction of sp³-hybridized carbons (Fsp3) is 1.00. The second-order valence-corrected chi connectivity index (χ2v) is 60.0. The number of nitrogens with zero attached hydrogens (tertiary/aromatic N) is 4. The molecule has 0 spiro atoms. The first-order valence-electron chi connectivity index (χ1n) is 11.1. The minimum atomic E-state index is -2.47. The molecule has 4 nitrogen and oxygen atoms in total. The Bertz CT molecular complexity index is 403. The minimum Gasteiger partial charge on any atom is 0 e. The van der Waals surface area contributed by atoms with Crippen molar-refractivity contribution in [2.45, 2.75) is 118 Å². The minimum absolute atomic E-state index is 0. The van der Waals surface area contributed by atoms with Crippen LogP contribution < -0.4 is 6.15 Å². The Morgan fingerprint density at radius 3 is 0.483 bits per heavy atom. The molecule has 0 saturated carbocycles. The van der Waals surface area contributed by atoms with Crippen LogP contribution in [0.4, 0.5) is 0 Å². The first-order valence-corrected chi connectivity index (χ1v) is 36.2. The molecule has 0 aromatic carbocycles. The van der Waals surface area contributed by atoms with Crippen molar-refractivity contribution < 1.29 is 0 Å². The van der Waals surface area contributed by atoms with E-state index in [1.165, 1.54) is 0 Å². The average Bonchev–Trinajstić information content (AvgIpc) is 2.13. The molecule has 3 radical (unpaired) electrons. The summed E-state index contributed by atoms with van der Waals surface area (Å²) in [5.41, 5.74) is 0. The van der Waals surface area contributed by atoms with Crippen LogP contribution in [0.25, 0.3) is 0 Å². The summed E-state index contributed by atoms with van der Waals surface area (Å²) < 4.78 is 10.1. The summed E-state index contributed by atoms with van der Waals surface area (Å²) >= 11 is -2.47. The van der Waals surface area contributed by atoms with Gasteiger partial charge in [0.1, 0.15) is 0 Å². The van der Waals surface area contributed by atoms with Crippen LogP contribution in [0.15, 0.2) is 0 Å². The maximum Gasteiger partial charge on any atom is 0 e. The molecule has 173 valence electrons. The molecule has 0 N–H and O–H groups in total. The van der Waals surface area contributed by atoms with E-state index < -0.39 is 71.7 Å². The number of hydrogen-bond acceptors (Lipinski definition) is 3. The fourth-order valence-corrected chi connectivity index (χ4v) is 89.9. The van der Waals surface area contributed by atoms with Gasteiger partial charge in [0, 0.05) is 6.15 Å². The van der Waals surface area contributed by atoms with E-state index in [0.717, 1.165) is 0 Å². The maximum absolute atomic E-state index is 3.36. The molecule has 0 aliphatic carbocycles. The summed E-state index contributed by atoms with van der Waals surface area (Å²) in [6, 6.07) is 0. The quantitative estimate of drug-likeness (QED) is 0.284. The summed E-state index contributed by atoms with van der Waals surface area (Å²) in [6.45, 7) is 47.6. The van der Waals surface area contributed by atoms with Crippen LogP contribution in [-0.2, 0) is 0 Å². The second kappa shape index (κ2) is 10.1. The fourth-order valence-electron chi connectivity index (χ4n) is 5.44. The topological polar surface area (TPSA) is 40.2 Å². The Morgan fingerprint density at radius 2 is 0.414 bits per heavy atom. The molecule has 29 heavy (non-hydrogen) atoms. The molecule has 0 unspecified atom stereocenters. The molecule has 0 fully saturated rings. The summed E-state index contributed by atoms with van der Waals surface area (Å²) in [6.07, 6.45) is 0. The van der Waals surface area contributed by atoms with Crippen molar-refractivity contribution in [3.63, 3.8) is 0 Å². The van der Waals surface area contributed by atoms with E-state index in [1.54, 1.807) is 0 Å². The van der Waals surface area contributed by atoms with Gasteiger partial charge in [-0.2, -0.15) is 0 Å². The molecule has 0 aromatic rings. The van der Waals surface area contributed by atoms with Gasteiger partial charge in [0.15, 0.2) is 0 Å². The summed E-state index contributed by atoms with van der Waals surface area (Å²) in [4.78, 5) is 0. The first-order chi connectivity index (χ1) is 11.7. The van der Waals surface area contributed by atoms with Crippen LogP contribution in [0.2, 0.25) is 118 Å². The van der Waals surface area contributed by atoms with Crippen molar-refractivity contribution in [2.24, 2.45) is 0 Å². The standard InChI is InChI=1S/3C6H18NSi2.In.N/c3*1-8(2,3)7-9(4,5)6;;/h3*1-6H3;;/q3*-1;+3;. The zero-order valence-electron chi connectivity index (χ0n) is 23.4. The van der Waals surface area contributed by atoms with Crippen molar-refractivity contribution in [2.75, 3.05) is 0 Å². The molecule has 0 amide bonds. The van der Waals surface area contributed by atoms with Gasteiger partial charge in [0.25, 0.3) is 0 Å². The summed E-state index contributed by atoms with van der Waals surface area (Å²) in [7, 11) is -8.59. The Kier molecular flexibility index (Phi) is 11.6. The number of hydrogen-bond donors (Lipinski definition) is 0. The predicted molar refractivity (Wildman–Crippen MR) is 153 cm³/mol. The van der Waals surface area contributed by atoms with Gasteiger partial charge in [0.05, 0.1) is 0 Å². The van der Waals surface area contributed by atoms with Gasteiger partial charge in [0.2, 0.25) is 0 Å². The Morgan fingerprint density at radius 1 is 0.310 bits per heavy atom. The Hall–Kier alpha value is 2.01. The van der Waals surface area contributed by atoms with Gasteiger partial charge in [-0.1, -0.05) is 0 Å². The molecule has 0 aliphatic rings. The van der Waals surface area contributed by atoms with E-state index in [4.69, 9.17) is 0 Å². The van der Waals surface area contributed by atoms with Crippen molar-refractivity contribution >= 4 is 71.7 Å². The van der Waals surface area contributed by atoms with E-state index in [1.807, 2.05) is 0 Å². The first kappa shape index (κ1) is 33.2. The van der Waals surface area contributed by atoms with E-state index in [-0.39, 0.29) is 6.15 Å². The molecule has 0 rings (SSSR count). The van der Waals surface area contributed by atoms with Crippen molar-refractivity contribution in [3.8, 4) is 0 Å². The summed E-state index contributed by atoms with van der Waals surface area (Å²) in [5.74, 6) is 0. The summed E-state index contributed by atoms with van der Waals surface area (Å²) in [5, 5.41) is 0. The third-order valence-electron chi connectivity index (χ3n) is 5.03. The van der Waals surface area contributed by atoms with Gasteiger partial charge in [-0.3, -0.25) is 0 Å². The third-order valence-corrected chi connectivity index (χ3v) is 78.8. The molecule has 0 aromatic heterocycles. The van der Waals surface area contributed by atoms with Gasteiger partial charge >= 0.3 is 196 Å². The van der Waals surface area contributed by atoms with Crippen molar-refractivity contribution in [3.05, 3.63) is 0 Å². The second-order valence-electron chi connectivity index (χ2n) is 14.5. The third kappa shape index (κ3) is 9.41. The Labute approximate surface area is 201 Å². The molecular formula is C18H54InN4Si6. The zero-order valence-corrected chi connectivity index (χ0v) is 32.7. The van der Waals surface area contributed by atoms with Gasteiger partial charge in [-0.25, -0.2) is 0 Å². The van der Waals surface area contributed by atoms with Crippen LogP contribution in [0.3, 0.4) is 0 Å². The molecule has 0 atom stereocenters. The molecule has 0 aliphatic heterocycles. The Balaban J connectivity index is 0.